The minimum absolute atomic E-state index is 0.0986. The molecule has 0 radical (unpaired) electrons. The Morgan fingerprint density at radius 3 is 2.89 bits per heavy atom. The molecule has 4 heterocycles. The fourth-order valence-electron chi connectivity index (χ4n) is 5.97. The third-order valence-corrected chi connectivity index (χ3v) is 8.77. The first-order valence-electron chi connectivity index (χ1n) is 12.1. The maximum atomic E-state index is 14.6. The van der Waals surface area contributed by atoms with Crippen LogP contribution >= 0.6 is 11.8 Å². The molecule has 2 unspecified atom stereocenters. The second kappa shape index (κ2) is 8.15. The molecule has 38 heavy (non-hydrogen) atoms. The number of morpholine rings is 1. The van der Waals surface area contributed by atoms with Crippen LogP contribution in [0.15, 0.2) is 52.6 Å². The predicted molar refractivity (Wildman–Crippen MR) is 125 cm³/mol. The van der Waals surface area contributed by atoms with Gasteiger partial charge in [0.15, 0.2) is 17.4 Å². The molecule has 8 nitrogen and oxygen atoms in total. The highest BCUT2D eigenvalue weighted by Crippen LogP contribution is 2.62. The highest BCUT2D eigenvalue weighted by Gasteiger charge is 2.76. The summed E-state index contributed by atoms with van der Waals surface area (Å²) >= 11 is 1.45. The maximum absolute atomic E-state index is 14.6. The number of fused-ring (bicyclic) bond motifs is 3. The highest BCUT2D eigenvalue weighted by molar-refractivity contribution is 7.98. The molecule has 1 saturated carbocycles. The van der Waals surface area contributed by atoms with Gasteiger partial charge in [0.05, 0.1) is 12.5 Å². The van der Waals surface area contributed by atoms with E-state index in [1.54, 1.807) is 11.0 Å². The van der Waals surface area contributed by atoms with Crippen LogP contribution in [0.4, 0.5) is 8.78 Å². The molecule has 3 aromatic rings. The van der Waals surface area contributed by atoms with Crippen molar-refractivity contribution < 1.29 is 37.6 Å². The molecule has 7 rings (SSSR count). The third-order valence-electron chi connectivity index (χ3n) is 7.65. The lowest BCUT2D eigenvalue weighted by atomic mass is 9.94. The first-order valence-corrected chi connectivity index (χ1v) is 13.1. The highest BCUT2D eigenvalue weighted by atomic mass is 32.2. The van der Waals surface area contributed by atoms with Crippen molar-refractivity contribution in [2.75, 3.05) is 13.2 Å². The number of aromatic nitrogens is 1. The number of carbonyl (C=O) groups is 1. The standard InChI is InChI=1S/C27H20F2N3O5S/c1-13(33)37-24-19(34)7-8-32-23(24)26(35)31-9-10-36-25-21(27(25,31)30-32)15-3-2-4-20-16(15)11-14-5-6-18(28)22(29)17(14)12-38-20/h2-8,21,25H,9-12H2,1H3/q-1/t21?,25-,27?/m0/s1. The van der Waals surface area contributed by atoms with Gasteiger partial charge in [-0.05, 0) is 44.7 Å². The molecule has 11 heteroatoms. The number of nitrogens with zero attached hydrogens (tertiary/aromatic N) is 3. The molecular formula is C27H20F2N3O5S-. The van der Waals surface area contributed by atoms with Crippen LogP contribution in [0.5, 0.6) is 11.5 Å². The fourth-order valence-corrected chi connectivity index (χ4v) is 7.13. The molecule has 0 bridgehead atoms. The van der Waals surface area contributed by atoms with Gasteiger partial charge in [0.1, 0.15) is 6.10 Å². The summed E-state index contributed by atoms with van der Waals surface area (Å²) in [5, 5.41) is 31.0. The minimum atomic E-state index is -1.05. The number of ether oxygens (including phenoxy) is 2. The van der Waals surface area contributed by atoms with E-state index in [-0.39, 0.29) is 30.2 Å². The summed E-state index contributed by atoms with van der Waals surface area (Å²) in [5.74, 6) is -3.81. The molecule has 1 spiro atoms. The van der Waals surface area contributed by atoms with E-state index in [4.69, 9.17) is 14.6 Å². The number of hydrogen-bond donors (Lipinski definition) is 0. The molecule has 3 atom stereocenters. The molecule has 0 amide bonds. The van der Waals surface area contributed by atoms with Gasteiger partial charge in [-0.3, -0.25) is 4.79 Å². The number of thioether (sulfide) groups is 1. The SMILES string of the molecule is CC(=O)Oc1c([O-])cc[n+]2c1=C([O-])N1CCO[C@H]3C(c4cccc5c4Cc4ccc(F)c(F)c4CS5)C31N=2. The Hall–Kier alpha value is -3.70. The van der Waals surface area contributed by atoms with Gasteiger partial charge < -0.3 is 24.6 Å². The van der Waals surface area contributed by atoms with E-state index >= 15 is 0 Å². The van der Waals surface area contributed by atoms with Crippen LogP contribution in [0.3, 0.4) is 0 Å². The second-order valence-electron chi connectivity index (χ2n) is 9.69. The van der Waals surface area contributed by atoms with Gasteiger partial charge in [-0.25, -0.2) is 8.78 Å². The second-order valence-corrected chi connectivity index (χ2v) is 10.7. The van der Waals surface area contributed by atoms with E-state index in [0.717, 1.165) is 29.0 Å². The third kappa shape index (κ3) is 3.15. The first-order chi connectivity index (χ1) is 18.3. The summed E-state index contributed by atoms with van der Waals surface area (Å²) in [6.45, 7) is 1.69. The molecule has 3 aliphatic heterocycles. The first kappa shape index (κ1) is 23.4. The predicted octanol–water partition coefficient (Wildman–Crippen LogP) is 1.11. The average molecular weight is 537 g/mol. The molecule has 2 aromatic carbocycles. The van der Waals surface area contributed by atoms with Crippen molar-refractivity contribution in [3.63, 3.8) is 0 Å². The van der Waals surface area contributed by atoms with E-state index in [1.165, 1.54) is 28.4 Å². The molecular weight excluding hydrogens is 516 g/mol. The van der Waals surface area contributed by atoms with Gasteiger partial charge in [-0.2, -0.15) is 0 Å². The normalized spacial score (nSPS) is 24.6. The smallest absolute Gasteiger partial charge is 0.308 e. The zero-order valence-electron chi connectivity index (χ0n) is 20.1. The molecule has 194 valence electrons. The van der Waals surface area contributed by atoms with Gasteiger partial charge in [0.25, 0.3) is 5.35 Å². The van der Waals surface area contributed by atoms with Crippen molar-refractivity contribution in [3.8, 4) is 11.5 Å². The number of halogens is 2. The van der Waals surface area contributed by atoms with Gasteiger partial charge in [0, 0.05) is 41.6 Å². The lowest BCUT2D eigenvalue weighted by Crippen LogP contribution is -2.59. The maximum Gasteiger partial charge on any atom is 0.308 e. The van der Waals surface area contributed by atoms with E-state index in [1.807, 2.05) is 18.2 Å². The summed E-state index contributed by atoms with van der Waals surface area (Å²) in [6, 6.07) is 9.82. The van der Waals surface area contributed by atoms with Crippen molar-refractivity contribution >= 4 is 23.6 Å². The molecule has 2 fully saturated rings. The van der Waals surface area contributed by atoms with Crippen molar-refractivity contribution in [3.05, 3.63) is 81.8 Å². The quantitative estimate of drug-likeness (QED) is 0.357. The van der Waals surface area contributed by atoms with Crippen LogP contribution in [-0.2, 0) is 21.7 Å². The Balaban J connectivity index is 1.38. The topological polar surface area (TPSA) is 103 Å². The largest absolute Gasteiger partial charge is 0.870 e. The van der Waals surface area contributed by atoms with Gasteiger partial charge in [-0.15, -0.1) is 11.8 Å². The minimum Gasteiger partial charge on any atom is -0.870 e. The van der Waals surface area contributed by atoms with Crippen LogP contribution in [0.1, 0.15) is 35.1 Å². The van der Waals surface area contributed by atoms with Gasteiger partial charge in [-0.1, -0.05) is 23.9 Å². The summed E-state index contributed by atoms with van der Waals surface area (Å²) in [5.41, 5.74) is 1.91. The number of hydrogen-bond acceptors (Lipinski definition) is 8. The van der Waals surface area contributed by atoms with Crippen LogP contribution in [0.25, 0.3) is 5.88 Å². The Morgan fingerprint density at radius 2 is 2.08 bits per heavy atom. The van der Waals surface area contributed by atoms with E-state index in [2.05, 4.69) is 0 Å². The van der Waals surface area contributed by atoms with E-state index in [0.29, 0.717) is 23.3 Å². The molecule has 4 aliphatic rings. The van der Waals surface area contributed by atoms with Crippen molar-refractivity contribution in [2.24, 2.45) is 5.11 Å². The fraction of sp³-hybridized carbons (Fsp3) is 0.296. The zero-order chi connectivity index (χ0) is 26.3. The van der Waals surface area contributed by atoms with Crippen LogP contribution < -0.4 is 24.7 Å². The van der Waals surface area contributed by atoms with Crippen molar-refractivity contribution in [1.82, 2.24) is 4.90 Å². The lowest BCUT2D eigenvalue weighted by molar-refractivity contribution is -0.582. The molecule has 0 N–H and O–H groups in total. The van der Waals surface area contributed by atoms with Crippen LogP contribution in [-0.4, -0.2) is 35.8 Å². The number of carbonyl (C=O) groups excluding carboxylic acids is 1. The van der Waals surface area contributed by atoms with Crippen LogP contribution in [0, 0.1) is 11.6 Å². The summed E-state index contributed by atoms with van der Waals surface area (Å²) in [7, 11) is 0. The summed E-state index contributed by atoms with van der Waals surface area (Å²) in [4.78, 5) is 14.2. The molecule has 1 aliphatic carbocycles. The number of rotatable bonds is 2. The van der Waals surface area contributed by atoms with E-state index in [9.17, 15) is 23.8 Å². The lowest BCUT2D eigenvalue weighted by Gasteiger charge is -2.38. The molecule has 1 aromatic heterocycles. The Labute approximate surface area is 219 Å². The van der Waals surface area contributed by atoms with Crippen molar-refractivity contribution in [2.45, 2.75) is 41.7 Å². The molecule has 1 saturated heterocycles. The number of pyridine rings is 1. The summed E-state index contributed by atoms with van der Waals surface area (Å²) < 4.78 is 41.1. The average Bonchev–Trinajstić information content (AvgIpc) is 3.59. The zero-order valence-corrected chi connectivity index (χ0v) is 20.9. The van der Waals surface area contributed by atoms with Gasteiger partial charge >= 0.3 is 5.97 Å². The van der Waals surface area contributed by atoms with Gasteiger partial charge in [0.2, 0.25) is 11.9 Å². The van der Waals surface area contributed by atoms with Crippen molar-refractivity contribution in [1.29, 1.82) is 0 Å². The Bertz CT molecular complexity index is 1680. The Morgan fingerprint density at radius 1 is 1.24 bits per heavy atom. The number of benzene rings is 2. The number of esters is 1. The van der Waals surface area contributed by atoms with Crippen LogP contribution in [0.2, 0.25) is 0 Å². The Kier molecular flexibility index (Phi) is 5.02. The monoisotopic (exact) mass is 536 g/mol. The summed E-state index contributed by atoms with van der Waals surface area (Å²) in [6.07, 6.45) is 1.36. The van der Waals surface area contributed by atoms with E-state index < -0.39 is 41.0 Å².